The van der Waals surface area contributed by atoms with Crippen LogP contribution in [0.2, 0.25) is 5.02 Å². The van der Waals surface area contributed by atoms with Gasteiger partial charge in [-0.3, -0.25) is 0 Å². The maximum absolute atomic E-state index is 11.2. The van der Waals surface area contributed by atoms with Crippen molar-refractivity contribution in [2.24, 2.45) is 0 Å². The molecule has 134 valence electrons. The molecule has 0 aliphatic rings. The molecule has 1 heterocycles. The number of fused-ring (bicyclic) bond motifs is 1. The zero-order valence-corrected chi connectivity index (χ0v) is 16.2. The Labute approximate surface area is 163 Å². The molecular weight excluding hydrogens is 422 g/mol. The Balaban J connectivity index is 1.88. The van der Waals surface area contributed by atoms with Gasteiger partial charge in [-0.05, 0) is 30.3 Å². The number of hydrogen-bond donors (Lipinski definition) is 1. The number of nitrogens with zero attached hydrogens (tertiary/aromatic N) is 2. The summed E-state index contributed by atoms with van der Waals surface area (Å²) < 4.78 is 10.9. The molecule has 0 aliphatic heterocycles. The summed E-state index contributed by atoms with van der Waals surface area (Å²) in [6, 6.07) is 11.1. The molecular formula is C18H15BrClN3O3. The first-order chi connectivity index (χ1) is 12.6. The summed E-state index contributed by atoms with van der Waals surface area (Å²) in [5.74, 6) is 0.216. The largest absolute Gasteiger partial charge is 0.467 e. The van der Waals surface area contributed by atoms with Gasteiger partial charge in [-0.2, -0.15) is 0 Å². The number of methoxy groups -OCH3 is 1. The minimum atomic E-state index is -0.430. The molecule has 0 saturated carbocycles. The third-order valence-electron chi connectivity index (χ3n) is 3.63. The van der Waals surface area contributed by atoms with Gasteiger partial charge in [0, 0.05) is 26.1 Å². The summed E-state index contributed by atoms with van der Waals surface area (Å²) in [7, 11) is 1.32. The molecule has 0 bridgehead atoms. The number of benzene rings is 2. The number of anilines is 2. The van der Waals surface area contributed by atoms with Crippen LogP contribution >= 0.6 is 27.5 Å². The zero-order valence-electron chi connectivity index (χ0n) is 13.8. The molecule has 0 atom stereocenters. The third kappa shape index (κ3) is 4.49. The van der Waals surface area contributed by atoms with Crippen molar-refractivity contribution in [1.29, 1.82) is 0 Å². The van der Waals surface area contributed by atoms with Gasteiger partial charge in [0.15, 0.2) is 0 Å². The first kappa shape index (κ1) is 18.6. The molecule has 2 aromatic carbocycles. The second-order valence-electron chi connectivity index (χ2n) is 5.38. The molecule has 0 saturated heterocycles. The Morgan fingerprint density at radius 3 is 2.88 bits per heavy atom. The highest BCUT2D eigenvalue weighted by molar-refractivity contribution is 9.10. The van der Waals surface area contributed by atoms with Crippen LogP contribution in [0.5, 0.6) is 0 Å². The van der Waals surface area contributed by atoms with Crippen LogP contribution < -0.4 is 5.32 Å². The fourth-order valence-corrected chi connectivity index (χ4v) is 2.88. The molecule has 0 spiro atoms. The van der Waals surface area contributed by atoms with Gasteiger partial charge in [0.05, 0.1) is 19.2 Å². The van der Waals surface area contributed by atoms with Gasteiger partial charge in [0.25, 0.3) is 0 Å². The van der Waals surface area contributed by atoms with Crippen molar-refractivity contribution in [2.75, 3.05) is 19.0 Å². The maximum atomic E-state index is 11.2. The fraction of sp³-hybridized carbons (Fsp3) is 0.167. The highest BCUT2D eigenvalue weighted by atomic mass is 79.9. The van der Waals surface area contributed by atoms with Crippen LogP contribution in [0.1, 0.15) is 5.56 Å². The smallest absolute Gasteiger partial charge is 0.331 e. The SMILES string of the molecule is COC(=O)COCc1ccc(Cl)cc1Nc1ncnc2ccc(Br)cc12. The average Bonchev–Trinajstić information content (AvgIpc) is 2.63. The molecule has 3 rings (SSSR count). The van der Waals surface area contributed by atoms with Crippen LogP contribution in [-0.4, -0.2) is 29.7 Å². The second kappa shape index (κ2) is 8.44. The first-order valence-electron chi connectivity index (χ1n) is 7.67. The summed E-state index contributed by atoms with van der Waals surface area (Å²) in [5, 5.41) is 4.72. The maximum Gasteiger partial charge on any atom is 0.331 e. The van der Waals surface area contributed by atoms with E-state index in [1.807, 2.05) is 24.3 Å². The number of aromatic nitrogens is 2. The van der Waals surface area contributed by atoms with Crippen molar-refractivity contribution >= 4 is 55.9 Å². The van der Waals surface area contributed by atoms with E-state index in [2.05, 4.69) is 36.0 Å². The van der Waals surface area contributed by atoms with Crippen LogP contribution in [0.15, 0.2) is 47.2 Å². The predicted octanol–water partition coefficient (Wildman–Crippen LogP) is 4.48. The number of carbonyl (C=O) groups is 1. The molecule has 1 aromatic heterocycles. The van der Waals surface area contributed by atoms with E-state index in [0.717, 1.165) is 26.6 Å². The van der Waals surface area contributed by atoms with Crippen LogP contribution in [0.25, 0.3) is 10.9 Å². The number of nitrogens with one attached hydrogen (secondary N) is 1. The molecule has 6 nitrogen and oxygen atoms in total. The number of carbonyl (C=O) groups excluding carboxylic acids is 1. The minimum absolute atomic E-state index is 0.123. The third-order valence-corrected chi connectivity index (χ3v) is 4.36. The Morgan fingerprint density at radius 1 is 1.23 bits per heavy atom. The van der Waals surface area contributed by atoms with Crippen molar-refractivity contribution in [2.45, 2.75) is 6.61 Å². The first-order valence-corrected chi connectivity index (χ1v) is 8.84. The monoisotopic (exact) mass is 435 g/mol. The zero-order chi connectivity index (χ0) is 18.5. The molecule has 26 heavy (non-hydrogen) atoms. The van der Waals surface area contributed by atoms with Crippen molar-refractivity contribution < 1.29 is 14.3 Å². The highest BCUT2D eigenvalue weighted by Crippen LogP contribution is 2.29. The lowest BCUT2D eigenvalue weighted by Crippen LogP contribution is -2.10. The van der Waals surface area contributed by atoms with Gasteiger partial charge in [0.2, 0.25) is 0 Å². The Hall–Kier alpha value is -2.22. The van der Waals surface area contributed by atoms with Crippen molar-refractivity contribution in [3.63, 3.8) is 0 Å². The van der Waals surface area contributed by atoms with E-state index in [0.29, 0.717) is 10.8 Å². The molecule has 0 fully saturated rings. The Morgan fingerprint density at radius 2 is 2.08 bits per heavy atom. The predicted molar refractivity (Wildman–Crippen MR) is 104 cm³/mol. The van der Waals surface area contributed by atoms with Crippen LogP contribution in [0.4, 0.5) is 11.5 Å². The van der Waals surface area contributed by atoms with E-state index >= 15 is 0 Å². The van der Waals surface area contributed by atoms with Crippen molar-refractivity contribution in [3.8, 4) is 0 Å². The van der Waals surface area contributed by atoms with Crippen LogP contribution in [0, 0.1) is 0 Å². The normalized spacial score (nSPS) is 10.7. The van der Waals surface area contributed by atoms with Gasteiger partial charge in [-0.15, -0.1) is 0 Å². The van der Waals surface area contributed by atoms with E-state index in [1.165, 1.54) is 13.4 Å². The number of ether oxygens (including phenoxy) is 2. The molecule has 1 N–H and O–H groups in total. The van der Waals surface area contributed by atoms with Crippen LogP contribution in [0.3, 0.4) is 0 Å². The van der Waals surface area contributed by atoms with Crippen molar-refractivity contribution in [1.82, 2.24) is 9.97 Å². The summed E-state index contributed by atoms with van der Waals surface area (Å²) in [5.41, 5.74) is 2.39. The molecule has 0 aliphatic carbocycles. The lowest BCUT2D eigenvalue weighted by atomic mass is 10.1. The molecule has 0 radical (unpaired) electrons. The molecule has 0 amide bonds. The summed E-state index contributed by atoms with van der Waals surface area (Å²) in [6.45, 7) is 0.100. The van der Waals surface area contributed by atoms with Crippen LogP contribution in [-0.2, 0) is 20.9 Å². The van der Waals surface area contributed by atoms with E-state index in [1.54, 1.807) is 12.1 Å². The Kier molecular flexibility index (Phi) is 6.03. The standard InChI is InChI=1S/C18H15BrClN3O3/c1-25-17(24)9-26-8-11-2-4-13(20)7-16(11)23-18-14-6-12(19)3-5-15(14)21-10-22-18/h2-7,10H,8-9H2,1H3,(H,21,22,23). The molecule has 3 aromatic rings. The van der Waals surface area contributed by atoms with E-state index in [-0.39, 0.29) is 13.2 Å². The van der Waals surface area contributed by atoms with E-state index in [9.17, 15) is 4.79 Å². The lowest BCUT2D eigenvalue weighted by molar-refractivity contribution is -0.146. The number of esters is 1. The van der Waals surface area contributed by atoms with Gasteiger partial charge >= 0.3 is 5.97 Å². The topological polar surface area (TPSA) is 73.3 Å². The lowest BCUT2D eigenvalue weighted by Gasteiger charge is -2.14. The van der Waals surface area contributed by atoms with Gasteiger partial charge in [-0.25, -0.2) is 14.8 Å². The van der Waals surface area contributed by atoms with E-state index in [4.69, 9.17) is 16.3 Å². The average molecular weight is 437 g/mol. The summed E-state index contributed by atoms with van der Waals surface area (Å²) in [6.07, 6.45) is 1.50. The van der Waals surface area contributed by atoms with Gasteiger partial charge < -0.3 is 14.8 Å². The Bertz CT molecular complexity index is 952. The van der Waals surface area contributed by atoms with Gasteiger partial charge in [0.1, 0.15) is 18.8 Å². The second-order valence-corrected chi connectivity index (χ2v) is 6.73. The summed E-state index contributed by atoms with van der Waals surface area (Å²) >= 11 is 9.60. The van der Waals surface area contributed by atoms with E-state index < -0.39 is 5.97 Å². The molecule has 8 heteroatoms. The quantitative estimate of drug-likeness (QED) is 0.574. The van der Waals surface area contributed by atoms with Gasteiger partial charge in [-0.1, -0.05) is 33.6 Å². The number of halogens is 2. The van der Waals surface area contributed by atoms with Crippen molar-refractivity contribution in [3.05, 3.63) is 57.8 Å². The number of hydrogen-bond acceptors (Lipinski definition) is 6. The number of rotatable bonds is 6. The highest BCUT2D eigenvalue weighted by Gasteiger charge is 2.10. The molecule has 0 unspecified atom stereocenters. The summed E-state index contributed by atoms with van der Waals surface area (Å²) in [4.78, 5) is 19.8. The fourth-order valence-electron chi connectivity index (χ4n) is 2.35. The minimum Gasteiger partial charge on any atom is -0.467 e.